The van der Waals surface area contributed by atoms with Gasteiger partial charge in [0.1, 0.15) is 5.75 Å². The quantitative estimate of drug-likeness (QED) is 0.663. The number of rotatable bonds is 5. The van der Waals surface area contributed by atoms with E-state index in [1.807, 2.05) is 12.4 Å². The molecule has 0 aliphatic carbocycles. The number of quaternary nitrogens is 1. The number of methoxy groups -OCH3 is 2. The molecule has 4 heterocycles. The van der Waals surface area contributed by atoms with Crippen molar-refractivity contribution in [2.45, 2.75) is 6.54 Å². The summed E-state index contributed by atoms with van der Waals surface area (Å²) in [5.41, 5.74) is 11.6. The van der Waals surface area contributed by atoms with Gasteiger partial charge in [0.15, 0.2) is 23.7 Å². The molecular weight excluding hydrogens is 380 g/mol. The van der Waals surface area contributed by atoms with Crippen molar-refractivity contribution in [3.05, 3.63) is 42.4 Å². The minimum atomic E-state index is 0.408. The van der Waals surface area contributed by atoms with Crippen molar-refractivity contribution < 1.29 is 9.47 Å². The Hall–Kier alpha value is -3.36. The summed E-state index contributed by atoms with van der Waals surface area (Å²) in [6, 6.07) is 8.34. The molecular formula is C22H25N6O2+. The van der Waals surface area contributed by atoms with E-state index in [0.717, 1.165) is 45.1 Å². The molecule has 1 atom stereocenters. The van der Waals surface area contributed by atoms with E-state index in [0.29, 0.717) is 23.5 Å². The number of ether oxygens (including phenoxy) is 2. The highest BCUT2D eigenvalue weighted by Gasteiger charge is 2.43. The monoisotopic (exact) mass is 405 g/mol. The average Bonchev–Trinajstić information content (AvgIpc) is 3.40. The molecule has 2 aromatic heterocycles. The molecule has 0 saturated carbocycles. The van der Waals surface area contributed by atoms with E-state index in [1.165, 1.54) is 0 Å². The van der Waals surface area contributed by atoms with E-state index in [9.17, 15) is 0 Å². The number of nitrogens with zero attached hydrogens (tertiary/aromatic N) is 5. The number of hydrogen-bond acceptors (Lipinski definition) is 5. The largest absolute Gasteiger partial charge is 0.497 e. The molecule has 1 unspecified atom stereocenters. The molecule has 8 heteroatoms. The summed E-state index contributed by atoms with van der Waals surface area (Å²) in [4.78, 5) is 9.13. The van der Waals surface area contributed by atoms with Crippen molar-refractivity contribution in [1.29, 1.82) is 0 Å². The Labute approximate surface area is 174 Å². The van der Waals surface area contributed by atoms with Gasteiger partial charge in [0.05, 0.1) is 32.7 Å². The predicted molar refractivity (Wildman–Crippen MR) is 120 cm³/mol. The Morgan fingerprint density at radius 3 is 2.80 bits per heavy atom. The van der Waals surface area contributed by atoms with Crippen LogP contribution < -0.4 is 15.0 Å². The minimum absolute atomic E-state index is 0.408. The van der Waals surface area contributed by atoms with Gasteiger partial charge >= 0.3 is 0 Å². The third-order valence-electron chi connectivity index (χ3n) is 6.02. The van der Waals surface area contributed by atoms with Crippen LogP contribution in [0, 0.1) is 0 Å². The predicted octanol–water partition coefficient (Wildman–Crippen LogP) is 3.12. The third-order valence-corrected chi connectivity index (χ3v) is 6.02. The number of aryl methyl sites for hydroxylation is 1. The SMILES string of the molecule is COCCn1c(-c2cn(C)c3ccc(OC)cc23)cc2c1N=C(N)C1=CN=C[N+]12C. The van der Waals surface area contributed by atoms with Crippen LogP contribution in [0.2, 0.25) is 0 Å². The molecule has 1 aromatic carbocycles. The first kappa shape index (κ1) is 18.7. The molecule has 2 aliphatic heterocycles. The third kappa shape index (κ3) is 2.47. The summed E-state index contributed by atoms with van der Waals surface area (Å²) in [6.07, 6.45) is 5.83. The number of fused-ring (bicyclic) bond motifs is 4. The lowest BCUT2D eigenvalue weighted by molar-refractivity contribution is 0.188. The van der Waals surface area contributed by atoms with Gasteiger partial charge in [-0.3, -0.25) is 0 Å². The number of aromatic nitrogens is 2. The molecule has 0 bridgehead atoms. The summed E-state index contributed by atoms with van der Waals surface area (Å²) in [5, 5.41) is 1.12. The van der Waals surface area contributed by atoms with Crippen molar-refractivity contribution in [1.82, 2.24) is 13.6 Å². The van der Waals surface area contributed by atoms with Gasteiger partial charge in [-0.25, -0.2) is 14.5 Å². The molecule has 5 rings (SSSR count). The van der Waals surface area contributed by atoms with Gasteiger partial charge in [0.2, 0.25) is 5.70 Å². The first-order valence-electron chi connectivity index (χ1n) is 9.80. The topological polar surface area (TPSA) is 79.1 Å². The van der Waals surface area contributed by atoms with Crippen molar-refractivity contribution in [3.8, 4) is 17.0 Å². The lowest BCUT2D eigenvalue weighted by Gasteiger charge is -2.29. The van der Waals surface area contributed by atoms with Gasteiger partial charge < -0.3 is 24.3 Å². The molecule has 0 fully saturated rings. The normalized spacial score (nSPS) is 19.6. The van der Waals surface area contributed by atoms with Crippen LogP contribution in [0.15, 0.2) is 52.3 Å². The highest BCUT2D eigenvalue weighted by atomic mass is 16.5. The van der Waals surface area contributed by atoms with Crippen LogP contribution in [0.5, 0.6) is 5.75 Å². The molecule has 0 saturated heterocycles. The van der Waals surface area contributed by atoms with Crippen LogP contribution >= 0.6 is 0 Å². The Kier molecular flexibility index (Phi) is 4.09. The molecule has 2 N–H and O–H groups in total. The van der Waals surface area contributed by atoms with Gasteiger partial charge in [0, 0.05) is 49.4 Å². The second-order valence-electron chi connectivity index (χ2n) is 7.77. The van der Waals surface area contributed by atoms with Crippen molar-refractivity contribution in [2.75, 3.05) is 27.9 Å². The summed E-state index contributed by atoms with van der Waals surface area (Å²) in [7, 11) is 7.53. The fourth-order valence-electron chi connectivity index (χ4n) is 4.40. The molecule has 0 radical (unpaired) electrons. The maximum atomic E-state index is 6.32. The Morgan fingerprint density at radius 2 is 2.03 bits per heavy atom. The van der Waals surface area contributed by atoms with Crippen molar-refractivity contribution in [3.63, 3.8) is 0 Å². The number of amidine groups is 1. The number of hydrogen-bond donors (Lipinski definition) is 1. The van der Waals surface area contributed by atoms with Gasteiger partial charge in [-0.2, -0.15) is 0 Å². The molecule has 3 aromatic rings. The number of aliphatic imine (C=N–C) groups is 2. The van der Waals surface area contributed by atoms with Crippen LogP contribution in [-0.2, 0) is 18.3 Å². The van der Waals surface area contributed by atoms with Gasteiger partial charge in [-0.05, 0) is 18.2 Å². The zero-order valence-corrected chi connectivity index (χ0v) is 17.6. The number of benzene rings is 1. The average molecular weight is 405 g/mol. The standard InChI is InChI=1S/C22H25N6O2/c1-26-12-16(15-9-14(30-4)5-6-17(15)26)18-10-19-22(27(18)7-8-29-3)25-21(23)20-11-24-13-28(19,20)2/h5-6,9-13H,7-8H2,1-4H3,(H2,23,25)/q+1. The van der Waals surface area contributed by atoms with Crippen molar-refractivity contribution in [2.24, 2.45) is 22.8 Å². The van der Waals surface area contributed by atoms with E-state index < -0.39 is 0 Å². The summed E-state index contributed by atoms with van der Waals surface area (Å²) < 4.78 is 15.6. The number of likely N-dealkylation sites (N-methyl/N-ethyl adjacent to an activating group) is 1. The van der Waals surface area contributed by atoms with E-state index in [-0.39, 0.29) is 0 Å². The second kappa shape index (κ2) is 6.58. The molecule has 0 spiro atoms. The van der Waals surface area contributed by atoms with Gasteiger partial charge in [-0.1, -0.05) is 0 Å². The Morgan fingerprint density at radius 1 is 1.20 bits per heavy atom. The van der Waals surface area contributed by atoms with Crippen LogP contribution in [0.1, 0.15) is 0 Å². The van der Waals surface area contributed by atoms with E-state index >= 15 is 0 Å². The first-order chi connectivity index (χ1) is 14.5. The zero-order valence-electron chi connectivity index (χ0n) is 17.6. The maximum Gasteiger partial charge on any atom is 0.205 e. The van der Waals surface area contributed by atoms with Gasteiger partial charge in [-0.15, -0.1) is 0 Å². The summed E-state index contributed by atoms with van der Waals surface area (Å²) in [5.74, 6) is 2.16. The fraction of sp³-hybridized carbons (Fsp3) is 0.273. The molecule has 0 amide bonds. The van der Waals surface area contributed by atoms with Crippen LogP contribution in [0.3, 0.4) is 0 Å². The minimum Gasteiger partial charge on any atom is -0.497 e. The molecule has 30 heavy (non-hydrogen) atoms. The lowest BCUT2D eigenvalue weighted by atomic mass is 10.1. The Balaban J connectivity index is 1.80. The van der Waals surface area contributed by atoms with Crippen LogP contribution in [0.25, 0.3) is 22.2 Å². The molecule has 154 valence electrons. The summed E-state index contributed by atoms with van der Waals surface area (Å²) in [6.45, 7) is 1.23. The smallest absolute Gasteiger partial charge is 0.205 e. The highest BCUT2D eigenvalue weighted by molar-refractivity contribution is 6.10. The van der Waals surface area contributed by atoms with Gasteiger partial charge in [0.25, 0.3) is 0 Å². The highest BCUT2D eigenvalue weighted by Crippen LogP contribution is 2.47. The lowest BCUT2D eigenvalue weighted by Crippen LogP contribution is -2.47. The fourth-order valence-corrected chi connectivity index (χ4v) is 4.40. The Bertz CT molecular complexity index is 1260. The van der Waals surface area contributed by atoms with E-state index in [2.05, 4.69) is 52.6 Å². The van der Waals surface area contributed by atoms with E-state index in [4.69, 9.17) is 20.2 Å². The number of nitrogens with two attached hydrogens (primary N) is 1. The zero-order chi connectivity index (χ0) is 21.0. The van der Waals surface area contributed by atoms with Crippen molar-refractivity contribution >= 4 is 34.6 Å². The van der Waals surface area contributed by atoms with E-state index in [1.54, 1.807) is 20.4 Å². The maximum absolute atomic E-state index is 6.32. The van der Waals surface area contributed by atoms with Crippen LogP contribution in [0.4, 0.5) is 11.5 Å². The molecule has 8 nitrogen and oxygen atoms in total. The second-order valence-corrected chi connectivity index (χ2v) is 7.77. The summed E-state index contributed by atoms with van der Waals surface area (Å²) >= 11 is 0. The molecule has 2 aliphatic rings. The van der Waals surface area contributed by atoms with Crippen LogP contribution in [-0.4, -0.2) is 49.2 Å². The first-order valence-corrected chi connectivity index (χ1v) is 9.80.